The Balaban J connectivity index is 1.85. The molecule has 0 amide bonds. The third-order valence-electron chi connectivity index (χ3n) is 2.84. The maximum absolute atomic E-state index is 12.0. The van der Waals surface area contributed by atoms with Crippen molar-refractivity contribution in [3.63, 3.8) is 0 Å². The topological polar surface area (TPSA) is 34.9 Å². The van der Waals surface area contributed by atoms with Crippen molar-refractivity contribution in [3.8, 4) is 0 Å². The molecule has 0 bridgehead atoms. The number of aryl methyl sites for hydroxylation is 2. The quantitative estimate of drug-likeness (QED) is 0.715. The summed E-state index contributed by atoms with van der Waals surface area (Å²) in [6, 6.07) is 4.17. The molecule has 0 radical (unpaired) electrons. The van der Waals surface area contributed by atoms with Gasteiger partial charge in [-0.05, 0) is 30.7 Å². The smallest absolute Gasteiger partial charge is 0.198 e. The first-order valence-corrected chi connectivity index (χ1v) is 7.26. The van der Waals surface area contributed by atoms with Crippen LogP contribution < -0.4 is 0 Å². The SMILES string of the molecule is CCCn1ccnc1C(=O)CCCc1cccs1. The first-order chi connectivity index (χ1) is 8.81. The summed E-state index contributed by atoms with van der Waals surface area (Å²) < 4.78 is 1.95. The molecular formula is C14H18N2OS. The molecule has 2 aromatic heterocycles. The Hall–Kier alpha value is -1.42. The van der Waals surface area contributed by atoms with E-state index in [2.05, 4.69) is 29.4 Å². The lowest BCUT2D eigenvalue weighted by Gasteiger charge is -2.04. The number of hydrogen-bond acceptors (Lipinski definition) is 3. The van der Waals surface area contributed by atoms with Crippen LogP contribution in [-0.2, 0) is 13.0 Å². The number of aromatic nitrogens is 2. The molecule has 2 heterocycles. The van der Waals surface area contributed by atoms with E-state index in [9.17, 15) is 4.79 Å². The van der Waals surface area contributed by atoms with Crippen molar-refractivity contribution < 1.29 is 4.79 Å². The van der Waals surface area contributed by atoms with E-state index in [-0.39, 0.29) is 5.78 Å². The summed E-state index contributed by atoms with van der Waals surface area (Å²) in [5.41, 5.74) is 0. The molecule has 0 atom stereocenters. The number of hydrogen-bond donors (Lipinski definition) is 0. The monoisotopic (exact) mass is 262 g/mol. The highest BCUT2D eigenvalue weighted by molar-refractivity contribution is 7.09. The lowest BCUT2D eigenvalue weighted by Crippen LogP contribution is -2.10. The highest BCUT2D eigenvalue weighted by Gasteiger charge is 2.11. The number of rotatable bonds is 7. The van der Waals surface area contributed by atoms with Gasteiger partial charge >= 0.3 is 0 Å². The van der Waals surface area contributed by atoms with Gasteiger partial charge in [0.2, 0.25) is 0 Å². The van der Waals surface area contributed by atoms with E-state index >= 15 is 0 Å². The summed E-state index contributed by atoms with van der Waals surface area (Å²) in [6.45, 7) is 2.97. The zero-order valence-electron chi connectivity index (χ0n) is 10.6. The van der Waals surface area contributed by atoms with Crippen LogP contribution in [0.1, 0.15) is 41.7 Å². The Bertz CT molecular complexity index is 488. The molecule has 0 aliphatic carbocycles. The van der Waals surface area contributed by atoms with Crippen LogP contribution in [0.25, 0.3) is 0 Å². The van der Waals surface area contributed by atoms with Gasteiger partial charge in [-0.1, -0.05) is 13.0 Å². The first kappa shape index (κ1) is 13.0. The minimum atomic E-state index is 0.157. The predicted octanol–water partition coefficient (Wildman–Crippen LogP) is 3.56. The lowest BCUT2D eigenvalue weighted by atomic mass is 10.1. The molecule has 4 heteroatoms. The molecule has 3 nitrogen and oxygen atoms in total. The molecule has 96 valence electrons. The first-order valence-electron chi connectivity index (χ1n) is 6.38. The van der Waals surface area contributed by atoms with Crippen molar-refractivity contribution in [2.75, 3.05) is 0 Å². The van der Waals surface area contributed by atoms with Gasteiger partial charge in [0.1, 0.15) is 0 Å². The van der Waals surface area contributed by atoms with E-state index in [0.717, 1.165) is 25.8 Å². The van der Waals surface area contributed by atoms with Crippen molar-refractivity contribution in [2.45, 2.75) is 39.2 Å². The lowest BCUT2D eigenvalue weighted by molar-refractivity contribution is 0.0966. The summed E-state index contributed by atoms with van der Waals surface area (Å²) >= 11 is 1.75. The van der Waals surface area contributed by atoms with E-state index < -0.39 is 0 Å². The van der Waals surface area contributed by atoms with Gasteiger partial charge in [-0.15, -0.1) is 11.3 Å². The molecule has 2 rings (SSSR count). The highest BCUT2D eigenvalue weighted by Crippen LogP contribution is 2.13. The number of nitrogens with zero attached hydrogens (tertiary/aromatic N) is 2. The van der Waals surface area contributed by atoms with Crippen LogP contribution in [0.4, 0.5) is 0 Å². The Labute approximate surface area is 111 Å². The van der Waals surface area contributed by atoms with Crippen LogP contribution in [0.2, 0.25) is 0 Å². The summed E-state index contributed by atoms with van der Waals surface area (Å²) in [5.74, 6) is 0.771. The summed E-state index contributed by atoms with van der Waals surface area (Å²) in [6.07, 6.45) is 7.08. The molecule has 0 saturated carbocycles. The van der Waals surface area contributed by atoms with E-state index in [1.165, 1.54) is 4.88 Å². The predicted molar refractivity (Wildman–Crippen MR) is 74.1 cm³/mol. The minimum absolute atomic E-state index is 0.157. The fourth-order valence-corrected chi connectivity index (χ4v) is 2.72. The Morgan fingerprint density at radius 1 is 1.50 bits per heavy atom. The highest BCUT2D eigenvalue weighted by atomic mass is 32.1. The molecule has 0 unspecified atom stereocenters. The van der Waals surface area contributed by atoms with Crippen molar-refractivity contribution >= 4 is 17.1 Å². The maximum atomic E-state index is 12.0. The molecule has 2 aromatic rings. The van der Waals surface area contributed by atoms with Gasteiger partial charge < -0.3 is 4.57 Å². The molecule has 0 N–H and O–H groups in total. The second kappa shape index (κ2) is 6.50. The number of thiophene rings is 1. The normalized spacial score (nSPS) is 10.7. The fraction of sp³-hybridized carbons (Fsp3) is 0.429. The van der Waals surface area contributed by atoms with Gasteiger partial charge in [-0.2, -0.15) is 0 Å². The number of imidazole rings is 1. The summed E-state index contributed by atoms with van der Waals surface area (Å²) in [7, 11) is 0. The third-order valence-corrected chi connectivity index (χ3v) is 3.77. The summed E-state index contributed by atoms with van der Waals surface area (Å²) in [5, 5.41) is 2.07. The van der Waals surface area contributed by atoms with Gasteiger partial charge in [0.05, 0.1) is 0 Å². The van der Waals surface area contributed by atoms with Crippen LogP contribution in [0.3, 0.4) is 0 Å². The molecule has 0 spiro atoms. The number of carbonyl (C=O) groups is 1. The van der Waals surface area contributed by atoms with Crippen molar-refractivity contribution in [1.82, 2.24) is 9.55 Å². The average Bonchev–Trinajstić information content (AvgIpc) is 3.00. The Kier molecular flexibility index (Phi) is 4.70. The maximum Gasteiger partial charge on any atom is 0.198 e. The van der Waals surface area contributed by atoms with Crippen LogP contribution in [0, 0.1) is 0 Å². The van der Waals surface area contributed by atoms with Gasteiger partial charge in [-0.25, -0.2) is 4.98 Å². The van der Waals surface area contributed by atoms with Gasteiger partial charge in [0.15, 0.2) is 11.6 Å². The summed E-state index contributed by atoms with van der Waals surface area (Å²) in [4.78, 5) is 17.6. The van der Waals surface area contributed by atoms with E-state index in [4.69, 9.17) is 0 Å². The molecular weight excluding hydrogens is 244 g/mol. The third kappa shape index (κ3) is 3.29. The zero-order chi connectivity index (χ0) is 12.8. The Morgan fingerprint density at radius 3 is 3.11 bits per heavy atom. The Morgan fingerprint density at radius 2 is 2.39 bits per heavy atom. The number of carbonyl (C=O) groups excluding carboxylic acids is 1. The van der Waals surface area contributed by atoms with Crippen molar-refractivity contribution in [3.05, 3.63) is 40.6 Å². The molecule has 0 saturated heterocycles. The van der Waals surface area contributed by atoms with E-state index in [1.807, 2.05) is 10.8 Å². The molecule has 0 aliphatic heterocycles. The molecule has 18 heavy (non-hydrogen) atoms. The molecule has 0 fully saturated rings. The molecule has 0 aliphatic rings. The van der Waals surface area contributed by atoms with Crippen molar-refractivity contribution in [2.24, 2.45) is 0 Å². The van der Waals surface area contributed by atoms with Crippen LogP contribution in [0.15, 0.2) is 29.9 Å². The number of ketones is 1. The van der Waals surface area contributed by atoms with Crippen LogP contribution >= 0.6 is 11.3 Å². The van der Waals surface area contributed by atoms with Gasteiger partial charge in [0.25, 0.3) is 0 Å². The second-order valence-electron chi connectivity index (χ2n) is 4.30. The minimum Gasteiger partial charge on any atom is -0.329 e. The van der Waals surface area contributed by atoms with Gasteiger partial charge in [-0.3, -0.25) is 4.79 Å². The van der Waals surface area contributed by atoms with Gasteiger partial charge in [0, 0.05) is 30.2 Å². The van der Waals surface area contributed by atoms with E-state index in [1.54, 1.807) is 17.5 Å². The standard InChI is InChI=1S/C14H18N2OS/c1-2-9-16-10-8-15-14(16)13(17)7-3-5-12-6-4-11-18-12/h4,6,8,10-11H,2-3,5,7,9H2,1H3. The van der Waals surface area contributed by atoms with Crippen molar-refractivity contribution in [1.29, 1.82) is 0 Å². The zero-order valence-corrected chi connectivity index (χ0v) is 11.4. The number of Topliss-reactive ketones (excluding diaryl/α,β-unsaturated/α-hetero) is 1. The second-order valence-corrected chi connectivity index (χ2v) is 5.33. The van der Waals surface area contributed by atoms with Crippen LogP contribution in [0.5, 0.6) is 0 Å². The molecule has 0 aromatic carbocycles. The fourth-order valence-electron chi connectivity index (χ4n) is 1.97. The van der Waals surface area contributed by atoms with E-state index in [0.29, 0.717) is 12.2 Å². The largest absolute Gasteiger partial charge is 0.329 e. The van der Waals surface area contributed by atoms with Crippen LogP contribution in [-0.4, -0.2) is 15.3 Å². The average molecular weight is 262 g/mol.